The van der Waals surface area contributed by atoms with Gasteiger partial charge in [-0.15, -0.1) is 0 Å². The van der Waals surface area contributed by atoms with Gasteiger partial charge in [0.25, 0.3) is 0 Å². The van der Waals surface area contributed by atoms with Crippen LogP contribution in [0.2, 0.25) is 0 Å². The maximum atomic E-state index is 11.8. The quantitative estimate of drug-likeness (QED) is 0.808. The molecule has 0 radical (unpaired) electrons. The Morgan fingerprint density at radius 1 is 1.44 bits per heavy atom. The highest BCUT2D eigenvalue weighted by Gasteiger charge is 2.19. The van der Waals surface area contributed by atoms with E-state index in [1.807, 2.05) is 11.8 Å². The smallest absolute Gasteiger partial charge is 0.221 e. The monoisotopic (exact) mass is 272 g/mol. The molecule has 1 rings (SSSR count). The van der Waals surface area contributed by atoms with Crippen molar-refractivity contribution in [3.05, 3.63) is 0 Å². The topological polar surface area (TPSA) is 55.1 Å². The largest absolute Gasteiger partial charge is 0.355 e. The standard InChI is InChI=1S/C14H28N2OS/c1-14(2,3)9-11(15)8-13(17)16-10-12-6-4-5-7-18-12/h11-12H,4-10,15H2,1-3H3,(H,16,17). The van der Waals surface area contributed by atoms with E-state index in [1.165, 1.54) is 25.0 Å². The van der Waals surface area contributed by atoms with Crippen LogP contribution in [0.1, 0.15) is 52.9 Å². The lowest BCUT2D eigenvalue weighted by Crippen LogP contribution is -2.37. The number of carbonyl (C=O) groups is 1. The van der Waals surface area contributed by atoms with Crippen LogP contribution >= 0.6 is 11.8 Å². The molecule has 106 valence electrons. The van der Waals surface area contributed by atoms with Crippen molar-refractivity contribution in [2.45, 2.75) is 64.2 Å². The SMILES string of the molecule is CC(C)(C)CC(N)CC(=O)NCC1CCCCS1. The molecule has 1 aliphatic heterocycles. The Bertz CT molecular complexity index is 257. The Kier molecular flexibility index (Phi) is 6.50. The molecular weight excluding hydrogens is 244 g/mol. The summed E-state index contributed by atoms with van der Waals surface area (Å²) in [6, 6.07) is -0.0241. The van der Waals surface area contributed by atoms with Gasteiger partial charge in [0.1, 0.15) is 0 Å². The molecule has 0 aromatic heterocycles. The first kappa shape index (κ1) is 15.8. The summed E-state index contributed by atoms with van der Waals surface area (Å²) in [6.45, 7) is 7.28. The van der Waals surface area contributed by atoms with E-state index >= 15 is 0 Å². The van der Waals surface area contributed by atoms with Crippen LogP contribution in [0.25, 0.3) is 0 Å². The van der Waals surface area contributed by atoms with Crippen LogP contribution in [0.4, 0.5) is 0 Å². The average Bonchev–Trinajstić information content (AvgIpc) is 2.25. The van der Waals surface area contributed by atoms with Crippen molar-refractivity contribution >= 4 is 17.7 Å². The summed E-state index contributed by atoms with van der Waals surface area (Å²) >= 11 is 1.99. The Labute approximate surface area is 116 Å². The molecule has 0 aliphatic carbocycles. The van der Waals surface area contributed by atoms with Gasteiger partial charge in [-0.2, -0.15) is 11.8 Å². The Morgan fingerprint density at radius 2 is 2.17 bits per heavy atom. The first-order valence-electron chi connectivity index (χ1n) is 7.01. The minimum absolute atomic E-state index is 0.0241. The van der Waals surface area contributed by atoms with E-state index < -0.39 is 0 Å². The molecule has 1 heterocycles. The molecule has 1 fully saturated rings. The van der Waals surface area contributed by atoms with Gasteiger partial charge in [0.05, 0.1) is 0 Å². The average molecular weight is 272 g/mol. The van der Waals surface area contributed by atoms with Gasteiger partial charge in [0, 0.05) is 24.3 Å². The number of amides is 1. The summed E-state index contributed by atoms with van der Waals surface area (Å²) in [5, 5.41) is 3.64. The second kappa shape index (κ2) is 7.39. The van der Waals surface area contributed by atoms with Crippen LogP contribution in [-0.4, -0.2) is 29.5 Å². The molecule has 0 spiro atoms. The number of hydrogen-bond donors (Lipinski definition) is 2. The molecule has 3 N–H and O–H groups in total. The van der Waals surface area contributed by atoms with Crippen molar-refractivity contribution in [2.75, 3.05) is 12.3 Å². The molecule has 4 heteroatoms. The van der Waals surface area contributed by atoms with Gasteiger partial charge >= 0.3 is 0 Å². The Balaban J connectivity index is 2.16. The minimum Gasteiger partial charge on any atom is -0.355 e. The molecule has 18 heavy (non-hydrogen) atoms. The third-order valence-electron chi connectivity index (χ3n) is 3.12. The van der Waals surface area contributed by atoms with E-state index in [2.05, 4.69) is 26.1 Å². The fourth-order valence-corrected chi connectivity index (χ4v) is 3.60. The number of thioether (sulfide) groups is 1. The molecule has 3 nitrogen and oxygen atoms in total. The van der Waals surface area contributed by atoms with E-state index in [9.17, 15) is 4.79 Å². The Hall–Kier alpha value is -0.220. The van der Waals surface area contributed by atoms with Crippen LogP contribution in [0, 0.1) is 5.41 Å². The molecule has 2 atom stereocenters. The van der Waals surface area contributed by atoms with Gasteiger partial charge in [-0.25, -0.2) is 0 Å². The number of carbonyl (C=O) groups excluding carboxylic acids is 1. The number of rotatable bonds is 5. The van der Waals surface area contributed by atoms with Gasteiger partial charge in [-0.1, -0.05) is 27.2 Å². The van der Waals surface area contributed by atoms with Crippen molar-refractivity contribution in [3.8, 4) is 0 Å². The normalized spacial score (nSPS) is 22.6. The predicted molar refractivity (Wildman–Crippen MR) is 79.8 cm³/mol. The first-order chi connectivity index (χ1) is 8.37. The fraction of sp³-hybridized carbons (Fsp3) is 0.929. The number of nitrogens with two attached hydrogens (primary N) is 1. The lowest BCUT2D eigenvalue weighted by molar-refractivity contribution is -0.121. The summed E-state index contributed by atoms with van der Waals surface area (Å²) in [6.07, 6.45) is 5.20. The number of nitrogens with one attached hydrogen (secondary N) is 1. The second-order valence-corrected chi connectivity index (χ2v) is 7.93. The number of hydrogen-bond acceptors (Lipinski definition) is 3. The molecule has 0 aromatic carbocycles. The first-order valence-corrected chi connectivity index (χ1v) is 8.05. The van der Waals surface area contributed by atoms with Crippen LogP contribution < -0.4 is 11.1 Å². The highest BCUT2D eigenvalue weighted by Crippen LogP contribution is 2.24. The maximum Gasteiger partial charge on any atom is 0.221 e. The van der Waals surface area contributed by atoms with Crippen molar-refractivity contribution in [1.82, 2.24) is 5.32 Å². The van der Waals surface area contributed by atoms with Crippen molar-refractivity contribution in [1.29, 1.82) is 0 Å². The fourth-order valence-electron chi connectivity index (χ4n) is 2.37. The zero-order valence-electron chi connectivity index (χ0n) is 12.0. The molecule has 1 saturated heterocycles. The summed E-state index contributed by atoms with van der Waals surface area (Å²) in [5.74, 6) is 1.35. The highest BCUT2D eigenvalue weighted by molar-refractivity contribution is 7.99. The van der Waals surface area contributed by atoms with Gasteiger partial charge in [-0.05, 0) is 30.4 Å². The van der Waals surface area contributed by atoms with Gasteiger partial charge in [-0.3, -0.25) is 4.79 Å². The van der Waals surface area contributed by atoms with Crippen molar-refractivity contribution in [2.24, 2.45) is 11.1 Å². The maximum absolute atomic E-state index is 11.8. The summed E-state index contributed by atoms with van der Waals surface area (Å²) in [4.78, 5) is 11.8. The summed E-state index contributed by atoms with van der Waals surface area (Å²) in [7, 11) is 0. The van der Waals surface area contributed by atoms with E-state index in [4.69, 9.17) is 5.73 Å². The van der Waals surface area contributed by atoms with Crippen LogP contribution in [0.5, 0.6) is 0 Å². The second-order valence-electron chi connectivity index (χ2n) is 6.52. The molecule has 2 unspecified atom stereocenters. The minimum atomic E-state index is -0.0241. The van der Waals surface area contributed by atoms with Gasteiger partial charge < -0.3 is 11.1 Å². The molecular formula is C14H28N2OS. The third-order valence-corrected chi connectivity index (χ3v) is 4.52. The van der Waals surface area contributed by atoms with E-state index in [0.717, 1.165) is 13.0 Å². The predicted octanol–water partition coefficient (Wildman–Crippen LogP) is 2.54. The van der Waals surface area contributed by atoms with E-state index in [1.54, 1.807) is 0 Å². The van der Waals surface area contributed by atoms with Crippen molar-refractivity contribution in [3.63, 3.8) is 0 Å². The van der Waals surface area contributed by atoms with Gasteiger partial charge in [0.2, 0.25) is 5.91 Å². The van der Waals surface area contributed by atoms with Crippen LogP contribution in [0.15, 0.2) is 0 Å². The molecule has 0 bridgehead atoms. The summed E-state index contributed by atoms with van der Waals surface area (Å²) in [5.41, 5.74) is 6.20. The zero-order valence-corrected chi connectivity index (χ0v) is 12.8. The summed E-state index contributed by atoms with van der Waals surface area (Å²) < 4.78 is 0. The third kappa shape index (κ3) is 7.27. The van der Waals surface area contributed by atoms with Crippen molar-refractivity contribution < 1.29 is 4.79 Å². The van der Waals surface area contributed by atoms with Crippen LogP contribution in [-0.2, 0) is 4.79 Å². The molecule has 1 aliphatic rings. The molecule has 0 saturated carbocycles. The van der Waals surface area contributed by atoms with E-state index in [-0.39, 0.29) is 17.4 Å². The Morgan fingerprint density at radius 3 is 2.72 bits per heavy atom. The lowest BCUT2D eigenvalue weighted by atomic mass is 9.87. The zero-order chi connectivity index (χ0) is 13.6. The molecule has 1 amide bonds. The van der Waals surface area contributed by atoms with E-state index in [0.29, 0.717) is 11.7 Å². The molecule has 0 aromatic rings. The lowest BCUT2D eigenvalue weighted by Gasteiger charge is -2.24. The van der Waals surface area contributed by atoms with Gasteiger partial charge in [0.15, 0.2) is 0 Å². The van der Waals surface area contributed by atoms with Crippen LogP contribution in [0.3, 0.4) is 0 Å². The highest BCUT2D eigenvalue weighted by atomic mass is 32.2.